The third-order valence-electron chi connectivity index (χ3n) is 4.08. The molecule has 1 aliphatic carbocycles. The lowest BCUT2D eigenvalue weighted by Crippen LogP contribution is -2.24. The topological polar surface area (TPSA) is 77.7 Å². The normalized spacial score (nSPS) is 12.9. The molecule has 0 radical (unpaired) electrons. The number of rotatable bonds is 2. The molecule has 0 unspecified atom stereocenters. The van der Waals surface area contributed by atoms with Gasteiger partial charge in [-0.05, 0) is 6.07 Å². The molecule has 0 N–H and O–H groups in total. The highest BCUT2D eigenvalue weighted by atomic mass is 19.2. The fraction of sp³-hybridized carbons (Fsp3) is 0.0625. The summed E-state index contributed by atoms with van der Waals surface area (Å²) in [5, 5.41) is 6.99. The summed E-state index contributed by atoms with van der Waals surface area (Å²) in [6.07, 6.45) is 2.41. The van der Waals surface area contributed by atoms with Crippen LogP contribution >= 0.6 is 0 Å². The molecule has 2 aromatic heterocycles. The van der Waals surface area contributed by atoms with Crippen LogP contribution in [0.5, 0.6) is 0 Å². The molecule has 0 saturated carbocycles. The minimum absolute atomic E-state index is 0.0192. The molecule has 0 atom stereocenters. The number of pyridine rings is 1. The number of fused-ring (bicyclic) bond motifs is 2. The van der Waals surface area contributed by atoms with Crippen molar-refractivity contribution < 1.29 is 31.5 Å². The Kier molecular flexibility index (Phi) is 3.61. The lowest BCUT2D eigenvalue weighted by Gasteiger charge is -2.14. The minimum Gasteiger partial charge on any atom is -0.287 e. The average Bonchev–Trinajstić information content (AvgIpc) is 3.10. The molecule has 0 aliphatic heterocycles. The van der Waals surface area contributed by atoms with Crippen molar-refractivity contribution in [3.8, 4) is 0 Å². The van der Waals surface area contributed by atoms with Crippen molar-refractivity contribution in [2.24, 2.45) is 0 Å². The van der Waals surface area contributed by atoms with Crippen LogP contribution in [0, 0.1) is 29.1 Å². The second-order valence-corrected chi connectivity index (χ2v) is 5.57. The summed E-state index contributed by atoms with van der Waals surface area (Å²) < 4.78 is 68.3. The number of halogens is 5. The molecule has 1 aliphatic rings. The predicted octanol–water partition coefficient (Wildman–Crippen LogP) is 2.19. The maximum atomic E-state index is 13.9. The van der Waals surface area contributed by atoms with Gasteiger partial charge in [-0.1, -0.05) is 5.21 Å². The van der Waals surface area contributed by atoms with Gasteiger partial charge in [0.1, 0.15) is 5.69 Å². The van der Waals surface area contributed by atoms with Crippen molar-refractivity contribution in [1.29, 1.82) is 0 Å². The molecule has 11 heteroatoms. The Labute approximate surface area is 146 Å². The summed E-state index contributed by atoms with van der Waals surface area (Å²) in [4.78, 5) is 28.7. The van der Waals surface area contributed by atoms with E-state index < -0.39 is 58.5 Å². The van der Waals surface area contributed by atoms with Crippen molar-refractivity contribution in [3.05, 3.63) is 75.6 Å². The number of nitrogens with zero attached hydrogens (tertiary/aromatic N) is 4. The number of carbonyl (C=O) groups is 2. The van der Waals surface area contributed by atoms with Crippen molar-refractivity contribution in [2.45, 2.75) is 6.54 Å². The molecule has 6 nitrogen and oxygen atoms in total. The summed E-state index contributed by atoms with van der Waals surface area (Å²) in [6.45, 7) is -0.997. The number of ketones is 2. The van der Waals surface area contributed by atoms with E-state index in [2.05, 4.69) is 15.3 Å². The Morgan fingerprint density at radius 2 is 1.48 bits per heavy atom. The van der Waals surface area contributed by atoms with Crippen molar-refractivity contribution in [3.63, 3.8) is 0 Å². The van der Waals surface area contributed by atoms with Crippen LogP contribution in [0.3, 0.4) is 0 Å². The Hall–Kier alpha value is -3.50. The maximum Gasteiger partial charge on any atom is 0.216 e. The Morgan fingerprint density at radius 1 is 0.852 bits per heavy atom. The molecule has 3 aromatic rings. The zero-order chi connectivity index (χ0) is 19.5. The first-order valence-electron chi connectivity index (χ1n) is 7.30. The van der Waals surface area contributed by atoms with Crippen molar-refractivity contribution >= 4 is 11.6 Å². The lowest BCUT2D eigenvalue weighted by atomic mass is 9.91. The Balaban J connectivity index is 1.86. The molecule has 0 amide bonds. The molecule has 0 spiro atoms. The molecule has 136 valence electrons. The van der Waals surface area contributed by atoms with E-state index >= 15 is 0 Å². The fourth-order valence-electron chi connectivity index (χ4n) is 2.77. The SMILES string of the molecule is O=C1c2ccncc2C(=O)c2c1nnn2Cc1c(F)c(F)c(F)c(F)c1F. The summed E-state index contributed by atoms with van der Waals surface area (Å²) in [5.74, 6) is -12.1. The van der Waals surface area contributed by atoms with E-state index in [1.807, 2.05) is 0 Å². The third kappa shape index (κ3) is 2.27. The first-order chi connectivity index (χ1) is 12.8. The van der Waals surface area contributed by atoms with Crippen LogP contribution in [-0.2, 0) is 6.54 Å². The highest BCUT2D eigenvalue weighted by Crippen LogP contribution is 2.28. The van der Waals surface area contributed by atoms with Gasteiger partial charge in [-0.15, -0.1) is 5.10 Å². The highest BCUT2D eigenvalue weighted by Gasteiger charge is 2.36. The molecule has 27 heavy (non-hydrogen) atoms. The van der Waals surface area contributed by atoms with E-state index in [1.54, 1.807) is 0 Å². The van der Waals surface area contributed by atoms with Gasteiger partial charge in [0.15, 0.2) is 29.0 Å². The standard InChI is InChI=1S/C16H5F5N4O2/c17-8-7(9(18)11(20)12(21)10(8)19)4-25-14-13(23-24-25)15(26)5-1-2-22-3-6(5)16(14)27/h1-3H,4H2. The Morgan fingerprint density at radius 3 is 2.15 bits per heavy atom. The number of carbonyl (C=O) groups excluding carboxylic acids is 2. The fourth-order valence-corrected chi connectivity index (χ4v) is 2.77. The summed E-state index contributed by atoms with van der Waals surface area (Å²) in [5.41, 5.74) is -2.09. The van der Waals surface area contributed by atoms with Gasteiger partial charge in [-0.25, -0.2) is 26.6 Å². The zero-order valence-electron chi connectivity index (χ0n) is 12.9. The average molecular weight is 380 g/mol. The van der Waals surface area contributed by atoms with Crippen molar-refractivity contribution in [1.82, 2.24) is 20.0 Å². The third-order valence-corrected chi connectivity index (χ3v) is 4.08. The Bertz CT molecular complexity index is 1130. The zero-order valence-corrected chi connectivity index (χ0v) is 12.9. The highest BCUT2D eigenvalue weighted by molar-refractivity contribution is 6.26. The van der Waals surface area contributed by atoms with E-state index in [-0.39, 0.29) is 16.8 Å². The number of benzene rings is 1. The van der Waals surface area contributed by atoms with Crippen LogP contribution in [0.4, 0.5) is 22.0 Å². The quantitative estimate of drug-likeness (QED) is 0.303. The molecular weight excluding hydrogens is 375 g/mol. The van der Waals surface area contributed by atoms with Crippen LogP contribution in [0.25, 0.3) is 0 Å². The molecular formula is C16H5F5N4O2. The number of hydrogen-bond acceptors (Lipinski definition) is 5. The van der Waals surface area contributed by atoms with E-state index in [4.69, 9.17) is 0 Å². The summed E-state index contributed by atoms with van der Waals surface area (Å²) in [6, 6.07) is 1.29. The second kappa shape index (κ2) is 5.76. The molecule has 1 aromatic carbocycles. The first-order valence-corrected chi connectivity index (χ1v) is 7.30. The monoisotopic (exact) mass is 380 g/mol. The number of hydrogen-bond donors (Lipinski definition) is 0. The smallest absolute Gasteiger partial charge is 0.216 e. The van der Waals surface area contributed by atoms with Gasteiger partial charge in [0.2, 0.25) is 17.4 Å². The van der Waals surface area contributed by atoms with E-state index in [0.29, 0.717) is 4.68 Å². The van der Waals surface area contributed by atoms with Gasteiger partial charge in [0.25, 0.3) is 0 Å². The first kappa shape index (κ1) is 16.9. The molecule has 4 rings (SSSR count). The molecule has 2 heterocycles. The molecule has 0 fully saturated rings. The van der Waals surface area contributed by atoms with Crippen LogP contribution in [0.1, 0.15) is 37.7 Å². The second-order valence-electron chi connectivity index (χ2n) is 5.57. The molecule has 0 saturated heterocycles. The van der Waals surface area contributed by atoms with E-state index in [1.165, 1.54) is 12.3 Å². The van der Waals surface area contributed by atoms with E-state index in [9.17, 15) is 31.5 Å². The van der Waals surface area contributed by atoms with Gasteiger partial charge >= 0.3 is 0 Å². The summed E-state index contributed by atoms with van der Waals surface area (Å²) in [7, 11) is 0. The van der Waals surface area contributed by atoms with Crippen LogP contribution < -0.4 is 0 Å². The van der Waals surface area contributed by atoms with Gasteiger partial charge in [0.05, 0.1) is 17.7 Å². The van der Waals surface area contributed by atoms with Gasteiger partial charge in [0, 0.05) is 18.0 Å². The predicted molar refractivity (Wildman–Crippen MR) is 76.5 cm³/mol. The van der Waals surface area contributed by atoms with Crippen molar-refractivity contribution in [2.75, 3.05) is 0 Å². The largest absolute Gasteiger partial charge is 0.287 e. The van der Waals surface area contributed by atoms with Gasteiger partial charge < -0.3 is 0 Å². The van der Waals surface area contributed by atoms with Crippen LogP contribution in [0.15, 0.2) is 18.5 Å². The van der Waals surface area contributed by atoms with Crippen LogP contribution in [0.2, 0.25) is 0 Å². The number of aromatic nitrogens is 4. The minimum atomic E-state index is -2.30. The lowest BCUT2D eigenvalue weighted by molar-refractivity contribution is 0.0970. The van der Waals surface area contributed by atoms with Crippen LogP contribution in [-0.4, -0.2) is 31.5 Å². The van der Waals surface area contributed by atoms with E-state index in [0.717, 1.165) is 6.20 Å². The summed E-state index contributed by atoms with van der Waals surface area (Å²) >= 11 is 0. The molecule has 0 bridgehead atoms. The maximum absolute atomic E-state index is 13.9. The van der Waals surface area contributed by atoms with Gasteiger partial charge in [-0.2, -0.15) is 0 Å². The van der Waals surface area contributed by atoms with Gasteiger partial charge in [-0.3, -0.25) is 14.6 Å².